The molecule has 4 heterocycles. The van der Waals surface area contributed by atoms with Crippen molar-refractivity contribution in [2.24, 2.45) is 23.7 Å². The number of nitrogens with one attached hydrogen (secondary N) is 2. The highest BCUT2D eigenvalue weighted by Crippen LogP contribution is 2.42. The molecule has 56 heavy (non-hydrogen) atoms. The first kappa shape index (κ1) is 44.4. The summed E-state index contributed by atoms with van der Waals surface area (Å²) in [6, 6.07) is 6.77. The van der Waals surface area contributed by atoms with Crippen molar-refractivity contribution in [1.29, 1.82) is 0 Å². The number of nitrogens with zero attached hydrogens (tertiary/aromatic N) is 1. The van der Waals surface area contributed by atoms with Crippen molar-refractivity contribution in [3.8, 4) is 0 Å². The number of hydrogen-bond donors (Lipinski definition) is 3. The fourth-order valence-electron chi connectivity index (χ4n) is 9.29. The third kappa shape index (κ3) is 9.60. The number of aliphatic hydroxyl groups is 1. The zero-order valence-electron chi connectivity index (χ0n) is 34.4. The van der Waals surface area contributed by atoms with Gasteiger partial charge in [0.25, 0.3) is 0 Å². The summed E-state index contributed by atoms with van der Waals surface area (Å²) in [6.45, 7) is 13.9. The first-order chi connectivity index (χ1) is 26.2. The summed E-state index contributed by atoms with van der Waals surface area (Å²) in [5.41, 5.74) is -2.12. The van der Waals surface area contributed by atoms with E-state index in [4.69, 9.17) is 28.4 Å². The molecule has 3 N–H and O–H groups in total. The molecular weight excluding hydrogens is 747 g/mol. The second-order valence-electron chi connectivity index (χ2n) is 17.1. The van der Waals surface area contributed by atoms with Crippen LogP contribution in [0.1, 0.15) is 80.2 Å². The molecule has 1 unspecified atom stereocenters. The van der Waals surface area contributed by atoms with Gasteiger partial charge in [0.05, 0.1) is 60.9 Å². The van der Waals surface area contributed by atoms with Crippen molar-refractivity contribution < 1.29 is 56.3 Å². The molecule has 16 heteroatoms. The van der Waals surface area contributed by atoms with Crippen LogP contribution in [0.2, 0.25) is 0 Å². The second kappa shape index (κ2) is 17.7. The zero-order valence-corrected chi connectivity index (χ0v) is 35.2. The molecule has 1 amide bonds. The minimum atomic E-state index is -3.92. The Bertz CT molecular complexity index is 1650. The summed E-state index contributed by atoms with van der Waals surface area (Å²) in [7, 11) is -0.165. The molecule has 15 atom stereocenters. The van der Waals surface area contributed by atoms with Crippen LogP contribution in [0, 0.1) is 23.7 Å². The molecule has 4 saturated heterocycles. The number of rotatable bonds is 8. The maximum absolute atomic E-state index is 14.5. The molecule has 15 nitrogen and oxygen atoms in total. The van der Waals surface area contributed by atoms with E-state index in [0.717, 1.165) is 0 Å². The van der Waals surface area contributed by atoms with Gasteiger partial charge in [0.1, 0.15) is 18.0 Å². The Morgan fingerprint density at radius 3 is 2.34 bits per heavy atom. The number of alkyl carbamates (subject to hydrolysis) is 1. The Hall–Kier alpha value is -2.70. The molecule has 0 aliphatic carbocycles. The van der Waals surface area contributed by atoms with Crippen molar-refractivity contribution in [2.45, 2.75) is 147 Å². The monoisotopic (exact) mass is 809 g/mol. The molecule has 316 valence electrons. The molecule has 0 radical (unpaired) electrons. The number of benzene rings is 1. The van der Waals surface area contributed by atoms with Crippen LogP contribution in [0.25, 0.3) is 0 Å². The Kier molecular flexibility index (Phi) is 14.0. The molecule has 0 saturated carbocycles. The van der Waals surface area contributed by atoms with Gasteiger partial charge in [0, 0.05) is 23.8 Å². The average Bonchev–Trinajstić information content (AvgIpc) is 3.46. The number of esters is 1. The number of ketones is 1. The number of amides is 1. The molecule has 1 aromatic rings. The van der Waals surface area contributed by atoms with Crippen LogP contribution in [-0.2, 0) is 53.8 Å². The van der Waals surface area contributed by atoms with E-state index >= 15 is 0 Å². The minimum Gasteiger partial charge on any atom is -0.458 e. The van der Waals surface area contributed by atoms with Gasteiger partial charge in [-0.2, -0.15) is 0 Å². The number of carbonyl (C=O) groups excluding carboxylic acids is 3. The third-order valence-electron chi connectivity index (χ3n) is 12.3. The lowest BCUT2D eigenvalue weighted by molar-refractivity contribution is -0.302. The van der Waals surface area contributed by atoms with Crippen LogP contribution in [0.3, 0.4) is 0 Å². The first-order valence-corrected chi connectivity index (χ1v) is 21.5. The lowest BCUT2D eigenvalue weighted by Crippen LogP contribution is -2.60. The summed E-state index contributed by atoms with van der Waals surface area (Å²) in [5.74, 6) is -4.20. The minimum absolute atomic E-state index is 0.0884. The van der Waals surface area contributed by atoms with E-state index in [9.17, 15) is 27.9 Å². The number of fused-ring (bicyclic) bond motifs is 4. The second-order valence-corrected chi connectivity index (χ2v) is 18.8. The van der Waals surface area contributed by atoms with Gasteiger partial charge < -0.3 is 43.7 Å². The van der Waals surface area contributed by atoms with Crippen LogP contribution in [-0.4, -0.2) is 130 Å². The Morgan fingerprint density at radius 2 is 1.70 bits per heavy atom. The van der Waals surface area contributed by atoms with Crippen molar-refractivity contribution in [1.82, 2.24) is 14.9 Å². The third-order valence-corrected chi connectivity index (χ3v) is 13.7. The topological polar surface area (TPSA) is 188 Å². The largest absolute Gasteiger partial charge is 0.458 e. The van der Waals surface area contributed by atoms with Crippen LogP contribution in [0.15, 0.2) is 30.3 Å². The fraction of sp³-hybridized carbons (Fsp3) is 0.775. The number of ether oxygens (including phenoxy) is 6. The predicted molar refractivity (Wildman–Crippen MR) is 206 cm³/mol. The maximum atomic E-state index is 14.5. The highest BCUT2D eigenvalue weighted by atomic mass is 32.2. The lowest BCUT2D eigenvalue weighted by Gasteiger charge is -2.48. The van der Waals surface area contributed by atoms with E-state index in [-0.39, 0.29) is 49.7 Å². The molecule has 0 aromatic heterocycles. The van der Waals surface area contributed by atoms with Crippen molar-refractivity contribution >= 4 is 27.9 Å². The van der Waals surface area contributed by atoms with E-state index in [0.29, 0.717) is 12.0 Å². The smallest absolute Gasteiger partial charge is 0.408 e. The van der Waals surface area contributed by atoms with Crippen LogP contribution in [0.5, 0.6) is 0 Å². The molecule has 4 fully saturated rings. The first-order valence-electron chi connectivity index (χ1n) is 19.9. The van der Waals surface area contributed by atoms with Crippen LogP contribution < -0.4 is 10.0 Å². The number of Topliss-reactive ketones (excluding diaryl/α,β-unsaturated/α-hetero) is 1. The number of carbonyl (C=O) groups is 3. The van der Waals surface area contributed by atoms with Gasteiger partial charge in [-0.3, -0.25) is 9.59 Å². The van der Waals surface area contributed by atoms with Gasteiger partial charge in [-0.25, -0.2) is 17.9 Å². The molecule has 4 aliphatic rings. The van der Waals surface area contributed by atoms with Gasteiger partial charge in [-0.05, 0) is 66.6 Å². The molecular formula is C40H63N3O12S. The summed E-state index contributed by atoms with van der Waals surface area (Å²) < 4.78 is 68.4. The quantitative estimate of drug-likeness (QED) is 0.326. The highest BCUT2D eigenvalue weighted by molar-refractivity contribution is 7.88. The van der Waals surface area contributed by atoms with Crippen LogP contribution in [0.4, 0.5) is 4.79 Å². The van der Waals surface area contributed by atoms with Crippen LogP contribution >= 0.6 is 0 Å². The van der Waals surface area contributed by atoms with E-state index in [1.165, 1.54) is 0 Å². The Labute approximate surface area is 331 Å². The number of sulfonamides is 1. The van der Waals surface area contributed by atoms with E-state index < -0.39 is 99.7 Å². The van der Waals surface area contributed by atoms with Gasteiger partial charge >= 0.3 is 12.1 Å². The van der Waals surface area contributed by atoms with Crippen molar-refractivity contribution in [3.63, 3.8) is 0 Å². The maximum Gasteiger partial charge on any atom is 0.408 e. The summed E-state index contributed by atoms with van der Waals surface area (Å²) in [5, 5.41) is 14.4. The SMILES string of the molecule is CC[C@H]1OC(=O)[C@H](C)[C@H]2OCC(NS(=O)(=O)Cc3ccccc3)CO[C@](C)(C[C@@H](C)C(=O)[C@H](C)[C@H]3NC(=O)O[C@@]31C)[C@H](O[C@@H]1O[C@H](C)C[C@H](N(C)C)[C@H]1O)[C@H]2C. The lowest BCUT2D eigenvalue weighted by atomic mass is 9.73. The van der Waals surface area contributed by atoms with Gasteiger partial charge in [0.2, 0.25) is 10.0 Å². The number of hydrogen-bond acceptors (Lipinski definition) is 13. The van der Waals surface area contributed by atoms with E-state index in [1.807, 2.05) is 39.8 Å². The van der Waals surface area contributed by atoms with Crippen molar-refractivity contribution in [2.75, 3.05) is 27.3 Å². The predicted octanol–water partition coefficient (Wildman–Crippen LogP) is 3.17. The molecule has 0 spiro atoms. The fourth-order valence-corrected chi connectivity index (χ4v) is 10.6. The molecule has 4 aliphatic heterocycles. The van der Waals surface area contributed by atoms with Gasteiger partial charge in [-0.1, -0.05) is 58.0 Å². The zero-order chi connectivity index (χ0) is 41.3. The number of aliphatic hydroxyl groups excluding tert-OH is 1. The Morgan fingerprint density at radius 1 is 1.02 bits per heavy atom. The van der Waals surface area contributed by atoms with Gasteiger partial charge in [-0.15, -0.1) is 0 Å². The number of likely N-dealkylation sites (N-methyl/N-ethyl adjacent to an activating group) is 1. The highest BCUT2D eigenvalue weighted by Gasteiger charge is 2.58. The van der Waals surface area contributed by atoms with Gasteiger partial charge in [0.15, 0.2) is 11.9 Å². The Balaban J connectivity index is 1.61. The standard InChI is InChI=1S/C40H63N3O12S/c1-11-30-40(8)34(41-38(47)55-40)24(4)31(44)22(2)18-39(7)35(54-37-32(45)29(43(9)10)17-23(3)52-37)25(5)33(26(6)36(46)53-30)50-19-28(20-51-39)42-56(48,49)21-27-15-13-12-14-16-27/h12-16,22-26,28-30,32-35,37,42,45H,11,17-21H2,1-10H3,(H,41,47)/t22-,23-,24+,25+,26-,28?,29+,30-,32-,33+,34-,35-,37+,39-,40-/m1/s1. The van der Waals surface area contributed by atoms with E-state index in [1.54, 1.807) is 65.0 Å². The molecule has 1 aromatic carbocycles. The average molecular weight is 810 g/mol. The summed E-state index contributed by atoms with van der Waals surface area (Å²) in [6.07, 6.45) is -5.08. The molecule has 2 bridgehead atoms. The van der Waals surface area contributed by atoms with E-state index in [2.05, 4.69) is 10.0 Å². The summed E-state index contributed by atoms with van der Waals surface area (Å²) in [4.78, 5) is 43.5. The number of cyclic esters (lactones) is 1. The normalized spacial score (nSPS) is 41.7. The summed E-state index contributed by atoms with van der Waals surface area (Å²) >= 11 is 0. The molecule has 5 rings (SSSR count). The van der Waals surface area contributed by atoms with Crippen molar-refractivity contribution in [3.05, 3.63) is 35.9 Å².